The Morgan fingerprint density at radius 1 is 1.26 bits per heavy atom. The molecule has 0 bridgehead atoms. The van der Waals surface area contributed by atoms with Gasteiger partial charge in [-0.15, -0.1) is 5.10 Å². The summed E-state index contributed by atoms with van der Waals surface area (Å²) in [6, 6.07) is 4.75. The number of carboxylic acid groups (broad SMARTS) is 1. The zero-order valence-corrected chi connectivity index (χ0v) is 18.8. The Labute approximate surface area is 197 Å². The number of fused-ring (bicyclic) bond motifs is 1. The van der Waals surface area contributed by atoms with E-state index in [0.717, 1.165) is 16.9 Å². The molecule has 2 aliphatic rings. The Bertz CT molecular complexity index is 1170. The minimum Gasteiger partial charge on any atom is -0.475 e. The number of carboxylic acids is 1. The third kappa shape index (κ3) is 6.01. The first-order valence-corrected chi connectivity index (χ1v) is 10.4. The largest absolute Gasteiger partial charge is 0.490 e. The van der Waals surface area contributed by atoms with Crippen molar-refractivity contribution in [2.45, 2.75) is 57.4 Å². The van der Waals surface area contributed by atoms with Gasteiger partial charge in [-0.1, -0.05) is 11.3 Å². The Balaban J connectivity index is 0.000000429. The highest BCUT2D eigenvalue weighted by molar-refractivity contribution is 6.05. The van der Waals surface area contributed by atoms with Crippen molar-refractivity contribution in [3.8, 4) is 5.69 Å². The molecule has 14 heteroatoms. The van der Waals surface area contributed by atoms with Crippen molar-refractivity contribution in [1.29, 1.82) is 0 Å². The first-order chi connectivity index (χ1) is 16.2. The molecule has 1 atom stereocenters. The van der Waals surface area contributed by atoms with Gasteiger partial charge in [-0.2, -0.15) is 13.2 Å². The van der Waals surface area contributed by atoms with Gasteiger partial charge in [0.25, 0.3) is 5.91 Å². The summed E-state index contributed by atoms with van der Waals surface area (Å²) in [6.45, 7) is 4.12. The molecule has 2 aromatic rings. The molecule has 2 aliphatic heterocycles. The predicted octanol–water partition coefficient (Wildman–Crippen LogP) is 0.941. The molecular formula is C21H23F3N6O5. The molecule has 35 heavy (non-hydrogen) atoms. The summed E-state index contributed by atoms with van der Waals surface area (Å²) in [5.74, 6) is -3.70. The number of aliphatic carboxylic acids is 1. The summed E-state index contributed by atoms with van der Waals surface area (Å²) in [4.78, 5) is 46.9. The van der Waals surface area contributed by atoms with Crippen molar-refractivity contribution in [2.75, 3.05) is 0 Å². The van der Waals surface area contributed by atoms with Crippen LogP contribution in [0.3, 0.4) is 0 Å². The Kier molecular flexibility index (Phi) is 6.96. The molecule has 0 saturated carbocycles. The van der Waals surface area contributed by atoms with Gasteiger partial charge >= 0.3 is 12.1 Å². The monoisotopic (exact) mass is 496 g/mol. The smallest absolute Gasteiger partial charge is 0.475 e. The van der Waals surface area contributed by atoms with E-state index in [2.05, 4.69) is 15.6 Å². The zero-order valence-electron chi connectivity index (χ0n) is 18.8. The molecule has 3 heterocycles. The number of rotatable bonds is 4. The molecular weight excluding hydrogens is 473 g/mol. The number of hydrogen-bond acceptors (Lipinski definition) is 7. The number of carbonyl (C=O) groups is 4. The number of carbonyl (C=O) groups excluding carboxylic acids is 3. The molecule has 4 rings (SSSR count). The third-order valence-corrected chi connectivity index (χ3v) is 5.22. The summed E-state index contributed by atoms with van der Waals surface area (Å²) < 4.78 is 33.4. The molecule has 4 N–H and O–H groups in total. The van der Waals surface area contributed by atoms with Gasteiger partial charge in [0.1, 0.15) is 6.04 Å². The lowest BCUT2D eigenvalue weighted by molar-refractivity contribution is -0.192. The lowest BCUT2D eigenvalue weighted by Crippen LogP contribution is -2.52. The lowest BCUT2D eigenvalue weighted by atomic mass is 10.0. The minimum atomic E-state index is -5.08. The molecule has 0 aliphatic carbocycles. The Morgan fingerprint density at radius 2 is 1.91 bits per heavy atom. The van der Waals surface area contributed by atoms with E-state index in [1.807, 2.05) is 26.1 Å². The van der Waals surface area contributed by atoms with Gasteiger partial charge in [0.15, 0.2) is 0 Å². The van der Waals surface area contributed by atoms with Crippen LogP contribution in [0.25, 0.3) is 5.69 Å². The van der Waals surface area contributed by atoms with E-state index in [9.17, 15) is 27.6 Å². The van der Waals surface area contributed by atoms with Gasteiger partial charge < -0.3 is 15.7 Å². The Morgan fingerprint density at radius 3 is 2.49 bits per heavy atom. The van der Waals surface area contributed by atoms with E-state index in [4.69, 9.17) is 15.6 Å². The summed E-state index contributed by atoms with van der Waals surface area (Å²) in [6.07, 6.45) is -2.14. The predicted molar refractivity (Wildman–Crippen MR) is 113 cm³/mol. The molecule has 0 radical (unpaired) electrons. The highest BCUT2D eigenvalue weighted by Crippen LogP contribution is 2.31. The van der Waals surface area contributed by atoms with Crippen LogP contribution in [0, 0.1) is 0 Å². The van der Waals surface area contributed by atoms with Crippen LogP contribution in [0.2, 0.25) is 0 Å². The van der Waals surface area contributed by atoms with E-state index in [1.165, 1.54) is 4.90 Å². The Hall–Kier alpha value is -3.81. The van der Waals surface area contributed by atoms with Gasteiger partial charge in [0.2, 0.25) is 11.8 Å². The van der Waals surface area contributed by atoms with Crippen LogP contribution in [0.15, 0.2) is 24.4 Å². The normalized spacial score (nSPS) is 18.1. The molecule has 188 valence electrons. The van der Waals surface area contributed by atoms with E-state index in [1.54, 1.807) is 16.8 Å². The maximum atomic E-state index is 12.9. The molecule has 1 fully saturated rings. The van der Waals surface area contributed by atoms with E-state index < -0.39 is 29.6 Å². The zero-order chi connectivity index (χ0) is 26.1. The number of benzene rings is 1. The van der Waals surface area contributed by atoms with Gasteiger partial charge in [0, 0.05) is 36.1 Å². The van der Waals surface area contributed by atoms with Crippen LogP contribution in [0.4, 0.5) is 13.2 Å². The maximum Gasteiger partial charge on any atom is 0.490 e. The van der Waals surface area contributed by atoms with Gasteiger partial charge in [-0.05, 0) is 32.4 Å². The number of nitrogens with two attached hydrogens (primary N) is 1. The molecule has 11 nitrogen and oxygen atoms in total. The van der Waals surface area contributed by atoms with Gasteiger partial charge in [-0.3, -0.25) is 19.7 Å². The topological polar surface area (TPSA) is 161 Å². The van der Waals surface area contributed by atoms with E-state index in [0.29, 0.717) is 18.4 Å². The van der Waals surface area contributed by atoms with E-state index in [-0.39, 0.29) is 24.8 Å². The average molecular weight is 496 g/mol. The fourth-order valence-electron chi connectivity index (χ4n) is 3.75. The third-order valence-electron chi connectivity index (χ3n) is 5.22. The van der Waals surface area contributed by atoms with Gasteiger partial charge in [0.05, 0.1) is 17.6 Å². The SMILES string of the molecule is CC(C)(N)Cc1cn(-c2cccc3c2CN(C2CCC(=O)NC2=O)C3=O)nn1.O=C(O)C(F)(F)F. The average Bonchev–Trinajstić information content (AvgIpc) is 3.31. The number of nitrogens with one attached hydrogen (secondary N) is 1. The second-order valence-electron chi connectivity index (χ2n) is 8.83. The number of halogens is 3. The summed E-state index contributed by atoms with van der Waals surface area (Å²) >= 11 is 0. The molecule has 3 amide bonds. The summed E-state index contributed by atoms with van der Waals surface area (Å²) in [7, 11) is 0. The number of hydrogen-bond donors (Lipinski definition) is 3. The number of piperidine rings is 1. The van der Waals surface area contributed by atoms with Crippen LogP contribution in [0.5, 0.6) is 0 Å². The van der Waals surface area contributed by atoms with Crippen molar-refractivity contribution in [3.05, 3.63) is 41.2 Å². The molecule has 0 spiro atoms. The highest BCUT2D eigenvalue weighted by atomic mass is 19.4. The quantitative estimate of drug-likeness (QED) is 0.527. The van der Waals surface area contributed by atoms with Crippen LogP contribution in [-0.4, -0.2) is 66.4 Å². The molecule has 1 saturated heterocycles. The number of nitrogens with zero attached hydrogens (tertiary/aromatic N) is 4. The van der Waals surface area contributed by atoms with Crippen LogP contribution in [-0.2, 0) is 27.3 Å². The summed E-state index contributed by atoms with van der Waals surface area (Å²) in [5.41, 5.74) is 8.49. The minimum absolute atomic E-state index is 0.213. The first-order valence-electron chi connectivity index (χ1n) is 10.4. The van der Waals surface area contributed by atoms with Crippen LogP contribution < -0.4 is 11.1 Å². The van der Waals surface area contributed by atoms with Crippen molar-refractivity contribution in [2.24, 2.45) is 5.73 Å². The van der Waals surface area contributed by atoms with Crippen molar-refractivity contribution in [3.63, 3.8) is 0 Å². The van der Waals surface area contributed by atoms with Crippen molar-refractivity contribution < 1.29 is 37.5 Å². The number of imide groups is 1. The fraction of sp³-hybridized carbons (Fsp3) is 0.429. The van der Waals surface area contributed by atoms with Crippen LogP contribution >= 0.6 is 0 Å². The van der Waals surface area contributed by atoms with Gasteiger partial charge in [-0.25, -0.2) is 9.48 Å². The molecule has 1 aromatic carbocycles. The highest BCUT2D eigenvalue weighted by Gasteiger charge is 2.40. The number of aromatic nitrogens is 3. The number of amides is 3. The molecule has 1 unspecified atom stereocenters. The second-order valence-corrected chi connectivity index (χ2v) is 8.83. The standard InChI is InChI=1S/C19H22N6O3.C2HF3O2/c1-19(2,20)8-11-9-25(23-22-11)14-5-3-4-12-13(14)10-24(18(12)28)15-6-7-16(26)21-17(15)27;3-2(4,5)1(6)7/h3-5,9,15H,6-8,10,20H2,1-2H3,(H,21,26,27);(H,6,7). The van der Waals surface area contributed by atoms with Crippen LogP contribution in [0.1, 0.15) is 48.3 Å². The second kappa shape index (κ2) is 9.44. The molecule has 1 aromatic heterocycles. The van der Waals surface area contributed by atoms with Crippen molar-refractivity contribution >= 4 is 23.7 Å². The van der Waals surface area contributed by atoms with Crippen molar-refractivity contribution in [1.82, 2.24) is 25.2 Å². The fourth-order valence-corrected chi connectivity index (χ4v) is 3.75. The van der Waals surface area contributed by atoms with E-state index >= 15 is 0 Å². The summed E-state index contributed by atoms with van der Waals surface area (Å²) in [5, 5.41) is 17.8. The first kappa shape index (κ1) is 25.8. The lowest BCUT2D eigenvalue weighted by Gasteiger charge is -2.29. The maximum absolute atomic E-state index is 12.9. The number of alkyl halides is 3.